The number of unbranched alkanes of at least 4 members (excludes halogenated alkanes) is 2. The maximum Gasteiger partial charge on any atom is 0.410 e. The van der Waals surface area contributed by atoms with Gasteiger partial charge in [-0.2, -0.15) is 0 Å². The number of carbonyl (C=O) groups excluding carboxylic acids is 3. The maximum atomic E-state index is 12.8. The molecule has 2 heterocycles. The summed E-state index contributed by atoms with van der Waals surface area (Å²) < 4.78 is 5.64. The summed E-state index contributed by atoms with van der Waals surface area (Å²) in [5, 5.41) is 0. The Bertz CT molecular complexity index is 1050. The number of amides is 2. The molecule has 0 unspecified atom stereocenters. The predicted molar refractivity (Wildman–Crippen MR) is 138 cm³/mol. The molecule has 3 aliphatic rings. The van der Waals surface area contributed by atoms with E-state index in [1.165, 1.54) is 22.4 Å². The standard InChI is InChI=1S/C29H38N2O4/c1-29(2,3)35-28(34)30(16-13-21-9-7-10-25(32)20-21)15-6-4-5-8-22-18-23-11-12-26(33)31-17-14-24(19-22)27(23)31/h7,9-10,18-19H,4-6,8,11-17,20H2,1-3H3. The van der Waals surface area contributed by atoms with E-state index >= 15 is 0 Å². The van der Waals surface area contributed by atoms with E-state index in [-0.39, 0.29) is 17.8 Å². The van der Waals surface area contributed by atoms with Crippen molar-refractivity contribution in [3.63, 3.8) is 0 Å². The zero-order valence-corrected chi connectivity index (χ0v) is 21.4. The highest BCUT2D eigenvalue weighted by Gasteiger charge is 2.31. The first-order valence-electron chi connectivity index (χ1n) is 13.0. The number of ether oxygens (including phenoxy) is 1. The highest BCUT2D eigenvalue weighted by molar-refractivity contribution is 5.98. The Morgan fingerprint density at radius 2 is 1.77 bits per heavy atom. The lowest BCUT2D eigenvalue weighted by atomic mass is 9.94. The van der Waals surface area contributed by atoms with E-state index in [1.807, 2.05) is 31.7 Å². The lowest BCUT2D eigenvalue weighted by molar-refractivity contribution is -0.118. The summed E-state index contributed by atoms with van der Waals surface area (Å²) in [5.74, 6) is 0.382. The van der Waals surface area contributed by atoms with Crippen LogP contribution in [0.1, 0.15) is 76.0 Å². The van der Waals surface area contributed by atoms with Crippen molar-refractivity contribution in [2.45, 2.75) is 84.2 Å². The van der Waals surface area contributed by atoms with Crippen LogP contribution in [0, 0.1) is 0 Å². The number of carbonyl (C=O) groups is 3. The lowest BCUT2D eigenvalue weighted by Gasteiger charge is -2.28. The number of allylic oxidation sites excluding steroid dienone is 3. The summed E-state index contributed by atoms with van der Waals surface area (Å²) in [7, 11) is 0. The molecule has 0 aromatic heterocycles. The molecule has 1 aromatic carbocycles. The van der Waals surface area contributed by atoms with E-state index in [1.54, 1.807) is 17.1 Å². The number of aryl methyl sites for hydroxylation is 2. The van der Waals surface area contributed by atoms with E-state index in [2.05, 4.69) is 12.1 Å². The molecule has 0 fully saturated rings. The molecular weight excluding hydrogens is 440 g/mol. The van der Waals surface area contributed by atoms with Gasteiger partial charge in [0.25, 0.3) is 0 Å². The smallest absolute Gasteiger partial charge is 0.410 e. The molecule has 0 saturated carbocycles. The van der Waals surface area contributed by atoms with Crippen LogP contribution in [0.5, 0.6) is 0 Å². The zero-order valence-electron chi connectivity index (χ0n) is 21.4. The molecule has 0 saturated heterocycles. The number of hydrogen-bond acceptors (Lipinski definition) is 4. The van der Waals surface area contributed by atoms with Gasteiger partial charge in [-0.05, 0) is 82.1 Å². The third-order valence-corrected chi connectivity index (χ3v) is 6.87. The van der Waals surface area contributed by atoms with E-state index < -0.39 is 5.60 Å². The van der Waals surface area contributed by atoms with Crippen molar-refractivity contribution in [1.82, 2.24) is 4.90 Å². The van der Waals surface area contributed by atoms with Gasteiger partial charge in [-0.15, -0.1) is 0 Å². The molecule has 6 heteroatoms. The molecule has 188 valence electrons. The van der Waals surface area contributed by atoms with Crippen molar-refractivity contribution in [3.05, 3.63) is 52.6 Å². The number of anilines is 1. The topological polar surface area (TPSA) is 66.9 Å². The van der Waals surface area contributed by atoms with Gasteiger partial charge < -0.3 is 14.5 Å². The van der Waals surface area contributed by atoms with Crippen LogP contribution in [0.15, 0.2) is 35.9 Å². The summed E-state index contributed by atoms with van der Waals surface area (Å²) in [4.78, 5) is 40.4. The second-order valence-electron chi connectivity index (χ2n) is 10.9. The van der Waals surface area contributed by atoms with E-state index in [4.69, 9.17) is 4.74 Å². The van der Waals surface area contributed by atoms with Gasteiger partial charge in [0.2, 0.25) is 5.91 Å². The third-order valence-electron chi connectivity index (χ3n) is 6.87. The largest absolute Gasteiger partial charge is 0.444 e. The summed E-state index contributed by atoms with van der Waals surface area (Å²) in [6.07, 6.45) is 12.7. The summed E-state index contributed by atoms with van der Waals surface area (Å²) in [6.45, 7) is 7.69. The molecule has 1 aromatic rings. The first-order valence-corrected chi connectivity index (χ1v) is 13.0. The fourth-order valence-corrected chi connectivity index (χ4v) is 5.19. The molecule has 0 bridgehead atoms. The SMILES string of the molecule is CC(C)(C)OC(=O)N(CCCCCc1cc2c3c(c1)CCN3C(=O)CC2)CCC1=CC=CC(=O)C1. The summed E-state index contributed by atoms with van der Waals surface area (Å²) in [6, 6.07) is 4.59. The van der Waals surface area contributed by atoms with Crippen LogP contribution in [0.25, 0.3) is 0 Å². The molecule has 0 radical (unpaired) electrons. The lowest BCUT2D eigenvalue weighted by Crippen LogP contribution is -2.38. The van der Waals surface area contributed by atoms with Crippen LogP contribution in [-0.2, 0) is 33.6 Å². The second kappa shape index (κ2) is 10.8. The third kappa shape index (κ3) is 6.62. The first kappa shape index (κ1) is 25.2. The van der Waals surface area contributed by atoms with Gasteiger partial charge in [0, 0.05) is 32.5 Å². The van der Waals surface area contributed by atoms with Gasteiger partial charge in [-0.3, -0.25) is 9.59 Å². The molecular formula is C29H38N2O4. The van der Waals surface area contributed by atoms with Crippen LogP contribution in [0.2, 0.25) is 0 Å². The fraction of sp³-hybridized carbons (Fsp3) is 0.552. The molecule has 6 nitrogen and oxygen atoms in total. The normalized spacial score (nSPS) is 16.9. The van der Waals surface area contributed by atoms with Crippen molar-refractivity contribution >= 4 is 23.5 Å². The minimum absolute atomic E-state index is 0.117. The van der Waals surface area contributed by atoms with Gasteiger partial charge >= 0.3 is 6.09 Å². The molecule has 0 spiro atoms. The van der Waals surface area contributed by atoms with Crippen LogP contribution >= 0.6 is 0 Å². The Morgan fingerprint density at radius 1 is 1.00 bits per heavy atom. The predicted octanol–water partition coefficient (Wildman–Crippen LogP) is 5.32. The van der Waals surface area contributed by atoms with Crippen molar-refractivity contribution < 1.29 is 19.1 Å². The Labute approximate surface area is 209 Å². The Balaban J connectivity index is 1.27. The van der Waals surface area contributed by atoms with Gasteiger partial charge in [0.1, 0.15) is 5.60 Å². The minimum Gasteiger partial charge on any atom is -0.444 e. The molecule has 0 N–H and O–H groups in total. The van der Waals surface area contributed by atoms with Crippen molar-refractivity contribution in [2.75, 3.05) is 24.5 Å². The Hall–Kier alpha value is -2.89. The molecule has 0 atom stereocenters. The molecule has 1 aliphatic carbocycles. The zero-order chi connectivity index (χ0) is 25.0. The van der Waals surface area contributed by atoms with Gasteiger partial charge in [0.05, 0.1) is 5.69 Å². The highest BCUT2D eigenvalue weighted by atomic mass is 16.6. The van der Waals surface area contributed by atoms with Gasteiger partial charge in [-0.1, -0.05) is 36.3 Å². The monoisotopic (exact) mass is 478 g/mol. The fourth-order valence-electron chi connectivity index (χ4n) is 5.19. The second-order valence-corrected chi connectivity index (χ2v) is 10.9. The highest BCUT2D eigenvalue weighted by Crippen LogP contribution is 2.37. The summed E-state index contributed by atoms with van der Waals surface area (Å²) >= 11 is 0. The van der Waals surface area contributed by atoms with Crippen LogP contribution in [-0.4, -0.2) is 47.9 Å². The molecule has 35 heavy (non-hydrogen) atoms. The van der Waals surface area contributed by atoms with Crippen molar-refractivity contribution in [1.29, 1.82) is 0 Å². The van der Waals surface area contributed by atoms with Gasteiger partial charge in [0.15, 0.2) is 5.78 Å². The molecule has 2 aliphatic heterocycles. The first-order chi connectivity index (χ1) is 16.7. The van der Waals surface area contributed by atoms with Gasteiger partial charge in [-0.25, -0.2) is 4.79 Å². The number of ketones is 1. The number of benzene rings is 1. The Morgan fingerprint density at radius 3 is 2.51 bits per heavy atom. The van der Waals surface area contributed by atoms with E-state index in [0.29, 0.717) is 32.4 Å². The van der Waals surface area contributed by atoms with Crippen molar-refractivity contribution in [3.8, 4) is 0 Å². The molecule has 2 amide bonds. The maximum absolute atomic E-state index is 12.8. The van der Waals surface area contributed by atoms with E-state index in [9.17, 15) is 14.4 Å². The van der Waals surface area contributed by atoms with Crippen LogP contribution in [0.4, 0.5) is 10.5 Å². The number of hydrogen-bond donors (Lipinski definition) is 0. The van der Waals surface area contributed by atoms with Crippen LogP contribution < -0.4 is 4.90 Å². The van der Waals surface area contributed by atoms with Crippen molar-refractivity contribution in [2.24, 2.45) is 0 Å². The average molecular weight is 479 g/mol. The average Bonchev–Trinajstić information content (AvgIpc) is 3.22. The Kier molecular flexibility index (Phi) is 7.78. The quantitative estimate of drug-likeness (QED) is 0.451. The summed E-state index contributed by atoms with van der Waals surface area (Å²) in [5.41, 5.74) is 5.73. The number of rotatable bonds is 9. The molecule has 4 rings (SSSR count). The van der Waals surface area contributed by atoms with Crippen LogP contribution in [0.3, 0.4) is 0 Å². The van der Waals surface area contributed by atoms with E-state index in [0.717, 1.165) is 50.6 Å². The number of nitrogens with zero attached hydrogens (tertiary/aromatic N) is 2. The minimum atomic E-state index is -0.536.